The first-order valence-corrected chi connectivity index (χ1v) is 6.75. The van der Waals surface area contributed by atoms with Gasteiger partial charge in [-0.05, 0) is 24.6 Å². The summed E-state index contributed by atoms with van der Waals surface area (Å²) >= 11 is 15.4. The fraction of sp³-hybridized carbons (Fsp3) is 0.167. The van der Waals surface area contributed by atoms with E-state index in [2.05, 4.69) is 25.9 Å². The summed E-state index contributed by atoms with van der Waals surface area (Å²) in [6, 6.07) is 4.26. The van der Waals surface area contributed by atoms with Gasteiger partial charge in [-0.1, -0.05) is 46.1 Å². The zero-order valence-electron chi connectivity index (χ0n) is 9.35. The standard InChI is InChI=1S/C12H8BrCl2FN2/c1-2-7-10(14)17-12(18-11(7)15)8-5-6(16)3-4-9(8)13/h3-5H,2H2,1H3. The molecule has 2 nitrogen and oxygen atoms in total. The molecule has 0 unspecified atom stereocenters. The topological polar surface area (TPSA) is 25.8 Å². The van der Waals surface area contributed by atoms with Gasteiger partial charge >= 0.3 is 0 Å². The molecule has 0 aliphatic carbocycles. The summed E-state index contributed by atoms with van der Waals surface area (Å²) in [6.07, 6.45) is 0.641. The Balaban J connectivity index is 2.61. The van der Waals surface area contributed by atoms with Gasteiger partial charge in [-0.2, -0.15) is 0 Å². The third-order valence-corrected chi connectivity index (χ3v) is 3.75. The van der Waals surface area contributed by atoms with Gasteiger partial charge in [0, 0.05) is 15.6 Å². The van der Waals surface area contributed by atoms with Crippen LogP contribution in [0.4, 0.5) is 4.39 Å². The zero-order chi connectivity index (χ0) is 13.3. The van der Waals surface area contributed by atoms with Crippen LogP contribution < -0.4 is 0 Å². The molecule has 0 aliphatic heterocycles. The maximum Gasteiger partial charge on any atom is 0.163 e. The maximum atomic E-state index is 13.2. The Morgan fingerprint density at radius 3 is 2.39 bits per heavy atom. The van der Waals surface area contributed by atoms with E-state index < -0.39 is 0 Å². The van der Waals surface area contributed by atoms with Gasteiger partial charge in [-0.15, -0.1) is 0 Å². The molecule has 0 amide bonds. The molecular weight excluding hydrogens is 342 g/mol. The van der Waals surface area contributed by atoms with E-state index in [1.165, 1.54) is 12.1 Å². The molecule has 0 saturated heterocycles. The maximum absolute atomic E-state index is 13.2. The average Bonchev–Trinajstić information content (AvgIpc) is 2.32. The molecule has 0 bridgehead atoms. The van der Waals surface area contributed by atoms with Crippen molar-refractivity contribution in [1.82, 2.24) is 9.97 Å². The number of rotatable bonds is 2. The van der Waals surface area contributed by atoms with Crippen molar-refractivity contribution in [2.24, 2.45) is 0 Å². The van der Waals surface area contributed by atoms with Crippen LogP contribution in [0.2, 0.25) is 10.3 Å². The van der Waals surface area contributed by atoms with Gasteiger partial charge in [0.25, 0.3) is 0 Å². The second-order valence-electron chi connectivity index (χ2n) is 3.59. The lowest BCUT2D eigenvalue weighted by Crippen LogP contribution is -1.97. The third kappa shape index (κ3) is 2.66. The highest BCUT2D eigenvalue weighted by molar-refractivity contribution is 9.10. The first kappa shape index (κ1) is 13.7. The van der Waals surface area contributed by atoms with Crippen molar-refractivity contribution in [1.29, 1.82) is 0 Å². The number of aromatic nitrogens is 2. The van der Waals surface area contributed by atoms with Crippen molar-refractivity contribution in [2.75, 3.05) is 0 Å². The van der Waals surface area contributed by atoms with Crippen molar-refractivity contribution in [3.63, 3.8) is 0 Å². The van der Waals surface area contributed by atoms with Gasteiger partial charge in [-0.25, -0.2) is 14.4 Å². The Morgan fingerprint density at radius 1 is 1.22 bits per heavy atom. The van der Waals surface area contributed by atoms with Gasteiger partial charge in [0.1, 0.15) is 16.1 Å². The van der Waals surface area contributed by atoms with Crippen LogP contribution in [0, 0.1) is 5.82 Å². The van der Waals surface area contributed by atoms with Crippen LogP contribution in [-0.2, 0) is 6.42 Å². The minimum absolute atomic E-state index is 0.295. The summed E-state index contributed by atoms with van der Waals surface area (Å²) in [5, 5.41) is 0.590. The van der Waals surface area contributed by atoms with Crippen molar-refractivity contribution < 1.29 is 4.39 Å². The third-order valence-electron chi connectivity index (χ3n) is 2.43. The van der Waals surface area contributed by atoms with E-state index in [4.69, 9.17) is 23.2 Å². The highest BCUT2D eigenvalue weighted by Gasteiger charge is 2.13. The van der Waals surface area contributed by atoms with Crippen LogP contribution in [-0.4, -0.2) is 9.97 Å². The summed E-state index contributed by atoms with van der Waals surface area (Å²) in [6.45, 7) is 1.91. The van der Waals surface area contributed by atoms with Crippen LogP contribution in [0.15, 0.2) is 22.7 Å². The molecule has 94 valence electrons. The lowest BCUT2D eigenvalue weighted by molar-refractivity contribution is 0.628. The number of nitrogens with zero attached hydrogens (tertiary/aromatic N) is 2. The van der Waals surface area contributed by atoms with E-state index >= 15 is 0 Å². The molecule has 0 N–H and O–H groups in total. The Kier molecular flexibility index (Phi) is 4.20. The summed E-state index contributed by atoms with van der Waals surface area (Å²) in [7, 11) is 0. The molecule has 0 saturated carbocycles. The largest absolute Gasteiger partial charge is 0.216 e. The van der Waals surface area contributed by atoms with Crippen LogP contribution in [0.5, 0.6) is 0 Å². The number of hydrogen-bond acceptors (Lipinski definition) is 2. The molecule has 0 aliphatic rings. The molecule has 6 heteroatoms. The van der Waals surface area contributed by atoms with Gasteiger partial charge in [-0.3, -0.25) is 0 Å². The van der Waals surface area contributed by atoms with Crippen LogP contribution in [0.25, 0.3) is 11.4 Å². The molecule has 1 aromatic heterocycles. The SMILES string of the molecule is CCc1c(Cl)nc(-c2cc(F)ccc2Br)nc1Cl. The number of hydrogen-bond donors (Lipinski definition) is 0. The quantitative estimate of drug-likeness (QED) is 0.719. The lowest BCUT2D eigenvalue weighted by Gasteiger charge is -2.08. The van der Waals surface area contributed by atoms with E-state index in [-0.39, 0.29) is 5.82 Å². The molecular formula is C12H8BrCl2FN2. The van der Waals surface area contributed by atoms with Crippen molar-refractivity contribution >= 4 is 39.1 Å². The highest BCUT2D eigenvalue weighted by Crippen LogP contribution is 2.30. The van der Waals surface area contributed by atoms with E-state index in [1.54, 1.807) is 6.07 Å². The molecule has 1 heterocycles. The monoisotopic (exact) mass is 348 g/mol. The molecule has 0 radical (unpaired) electrons. The first-order chi connectivity index (χ1) is 8.52. The predicted octanol–water partition coefficient (Wildman–Crippen LogP) is 4.91. The van der Waals surface area contributed by atoms with Gasteiger partial charge in [0.05, 0.1) is 0 Å². The fourth-order valence-electron chi connectivity index (χ4n) is 1.51. The lowest BCUT2D eigenvalue weighted by atomic mass is 10.2. The van der Waals surface area contributed by atoms with Crippen LogP contribution >= 0.6 is 39.1 Å². The number of halogens is 4. The summed E-state index contributed by atoms with van der Waals surface area (Å²) < 4.78 is 13.9. The minimum Gasteiger partial charge on any atom is -0.216 e. The van der Waals surface area contributed by atoms with E-state index in [0.717, 1.165) is 0 Å². The second kappa shape index (κ2) is 5.51. The van der Waals surface area contributed by atoms with E-state index in [1.807, 2.05) is 6.92 Å². The molecule has 18 heavy (non-hydrogen) atoms. The first-order valence-electron chi connectivity index (χ1n) is 5.20. The van der Waals surface area contributed by atoms with Gasteiger partial charge in [0.15, 0.2) is 5.82 Å². The summed E-state index contributed by atoms with van der Waals surface area (Å²) in [5.41, 5.74) is 1.20. The molecule has 0 fully saturated rings. The summed E-state index contributed by atoms with van der Waals surface area (Å²) in [5.74, 6) is -0.0720. The minimum atomic E-state index is -0.372. The predicted molar refractivity (Wildman–Crippen MR) is 74.5 cm³/mol. The zero-order valence-corrected chi connectivity index (χ0v) is 12.4. The Labute approximate surface area is 122 Å². The average molecular weight is 350 g/mol. The normalized spacial score (nSPS) is 10.7. The molecule has 1 aromatic carbocycles. The summed E-state index contributed by atoms with van der Waals surface area (Å²) in [4.78, 5) is 8.30. The molecule has 2 rings (SSSR count). The highest BCUT2D eigenvalue weighted by atomic mass is 79.9. The Hall–Kier alpha value is -0.710. The van der Waals surface area contributed by atoms with Crippen molar-refractivity contribution in [2.45, 2.75) is 13.3 Å². The molecule has 0 atom stereocenters. The van der Waals surface area contributed by atoms with E-state index in [9.17, 15) is 4.39 Å². The fourth-order valence-corrected chi connectivity index (χ4v) is 2.59. The van der Waals surface area contributed by atoms with Crippen LogP contribution in [0.3, 0.4) is 0 Å². The van der Waals surface area contributed by atoms with Gasteiger partial charge < -0.3 is 0 Å². The molecule has 2 aromatic rings. The van der Waals surface area contributed by atoms with E-state index in [0.29, 0.717) is 38.2 Å². The van der Waals surface area contributed by atoms with Gasteiger partial charge in [0.2, 0.25) is 0 Å². The second-order valence-corrected chi connectivity index (χ2v) is 5.16. The van der Waals surface area contributed by atoms with Crippen molar-refractivity contribution in [3.05, 3.63) is 44.4 Å². The van der Waals surface area contributed by atoms with Crippen molar-refractivity contribution in [3.8, 4) is 11.4 Å². The number of benzene rings is 1. The smallest absolute Gasteiger partial charge is 0.163 e. The molecule has 0 spiro atoms. The Bertz CT molecular complexity index is 582. The Morgan fingerprint density at radius 2 is 1.83 bits per heavy atom. The van der Waals surface area contributed by atoms with Crippen LogP contribution in [0.1, 0.15) is 12.5 Å².